The van der Waals surface area contributed by atoms with Gasteiger partial charge in [0.15, 0.2) is 10.7 Å². The Morgan fingerprint density at radius 3 is 2.14 bits per heavy atom. The van der Waals surface area contributed by atoms with E-state index in [1.165, 1.54) is 11.8 Å². The summed E-state index contributed by atoms with van der Waals surface area (Å²) in [5.74, 6) is -0.608. The number of thiol groups is 1. The first-order chi connectivity index (χ1) is 10.0. The molecule has 1 amide bonds. The molecule has 4 nitrogen and oxygen atoms in total. The molecule has 0 bridgehead atoms. The van der Waals surface area contributed by atoms with E-state index in [1.807, 2.05) is 43.3 Å². The largest absolute Gasteiger partial charge is 0.297 e. The molecule has 0 N–H and O–H groups in total. The molecule has 0 fully saturated rings. The van der Waals surface area contributed by atoms with Gasteiger partial charge in [0, 0.05) is 12.5 Å². The van der Waals surface area contributed by atoms with Gasteiger partial charge in [-0.3, -0.25) is 9.69 Å². The molecule has 110 valence electrons. The smallest absolute Gasteiger partial charge is 0.224 e. The summed E-state index contributed by atoms with van der Waals surface area (Å²) in [6.07, 6.45) is 0. The van der Waals surface area contributed by atoms with Crippen molar-refractivity contribution in [2.24, 2.45) is 0 Å². The van der Waals surface area contributed by atoms with Crippen LogP contribution < -0.4 is 4.90 Å². The van der Waals surface area contributed by atoms with Crippen LogP contribution in [0.25, 0.3) is 11.1 Å². The molecule has 0 radical (unpaired) electrons. The normalized spacial score (nSPS) is 10.6. The zero-order valence-electron chi connectivity index (χ0n) is 11.9. The average Bonchev–Trinajstić information content (AvgIpc) is 2.45. The number of amides is 1. The van der Waals surface area contributed by atoms with Crippen LogP contribution in [0.2, 0.25) is 0 Å². The van der Waals surface area contributed by atoms with Gasteiger partial charge in [0.05, 0.1) is 5.69 Å². The predicted molar refractivity (Wildman–Crippen MR) is 85.0 cm³/mol. The number of carbonyl (C=O) groups excluding carboxylic acids is 1. The van der Waals surface area contributed by atoms with Crippen LogP contribution in [0.4, 0.5) is 5.69 Å². The highest BCUT2D eigenvalue weighted by Gasteiger charge is 2.17. The van der Waals surface area contributed by atoms with E-state index in [0.29, 0.717) is 5.69 Å². The van der Waals surface area contributed by atoms with E-state index in [4.69, 9.17) is 0 Å². The Balaban J connectivity index is 2.60. The SMILES string of the molecule is CC(=O)N(C[SH](=O)=O)c1ccccc1-c1ccccc1C. The Labute approximate surface area is 126 Å². The molecule has 0 saturated carbocycles. The lowest BCUT2D eigenvalue weighted by atomic mass is 9.98. The second-order valence-corrected chi connectivity index (χ2v) is 5.70. The summed E-state index contributed by atoms with van der Waals surface area (Å²) in [4.78, 5) is 13.1. The van der Waals surface area contributed by atoms with Gasteiger partial charge >= 0.3 is 0 Å². The number of para-hydroxylation sites is 1. The number of aryl methyl sites for hydroxylation is 1. The van der Waals surface area contributed by atoms with Crippen LogP contribution in [0.1, 0.15) is 12.5 Å². The van der Waals surface area contributed by atoms with Crippen LogP contribution >= 0.6 is 0 Å². The molecular formula is C16H17NO3S. The lowest BCUT2D eigenvalue weighted by Crippen LogP contribution is -2.30. The van der Waals surface area contributed by atoms with E-state index < -0.39 is 10.7 Å². The van der Waals surface area contributed by atoms with Crippen molar-refractivity contribution in [1.29, 1.82) is 0 Å². The minimum atomic E-state index is -2.68. The molecular weight excluding hydrogens is 286 g/mol. The molecule has 21 heavy (non-hydrogen) atoms. The highest BCUT2D eigenvalue weighted by atomic mass is 32.2. The quantitative estimate of drug-likeness (QED) is 0.883. The van der Waals surface area contributed by atoms with E-state index in [2.05, 4.69) is 0 Å². The molecule has 0 aliphatic carbocycles. The molecule has 0 unspecified atom stereocenters. The zero-order valence-corrected chi connectivity index (χ0v) is 12.8. The van der Waals surface area contributed by atoms with E-state index in [1.54, 1.807) is 12.1 Å². The zero-order chi connectivity index (χ0) is 15.4. The number of hydrogen-bond donors (Lipinski definition) is 1. The summed E-state index contributed by atoms with van der Waals surface area (Å²) in [5, 5.41) is 0. The highest BCUT2D eigenvalue weighted by molar-refractivity contribution is 7.72. The molecule has 2 aromatic carbocycles. The topological polar surface area (TPSA) is 54.5 Å². The predicted octanol–water partition coefficient (Wildman–Crippen LogP) is 2.58. The van der Waals surface area contributed by atoms with Gasteiger partial charge in [-0.25, -0.2) is 8.42 Å². The van der Waals surface area contributed by atoms with E-state index in [0.717, 1.165) is 16.7 Å². The fraction of sp³-hybridized carbons (Fsp3) is 0.188. The minimum Gasteiger partial charge on any atom is -0.297 e. The van der Waals surface area contributed by atoms with Crippen molar-refractivity contribution in [1.82, 2.24) is 0 Å². The number of hydrogen-bond acceptors (Lipinski definition) is 3. The van der Waals surface area contributed by atoms with Crippen LogP contribution in [0, 0.1) is 6.92 Å². The van der Waals surface area contributed by atoms with Gasteiger partial charge in [-0.05, 0) is 24.1 Å². The Bertz CT molecular complexity index is 730. The molecule has 0 atom stereocenters. The van der Waals surface area contributed by atoms with Gasteiger partial charge in [-0.15, -0.1) is 0 Å². The second kappa shape index (κ2) is 6.54. The van der Waals surface area contributed by atoms with Crippen molar-refractivity contribution < 1.29 is 13.2 Å². The standard InChI is InChI=1S/C16H17NO3S/c1-12-7-3-4-8-14(12)15-9-5-6-10-16(15)17(13(2)18)11-21(19)20/h3-10,21H,11H2,1-2H3. The van der Waals surface area contributed by atoms with Crippen molar-refractivity contribution in [3.8, 4) is 11.1 Å². The van der Waals surface area contributed by atoms with E-state index in [-0.39, 0.29) is 11.8 Å². The number of rotatable bonds is 4. The summed E-state index contributed by atoms with van der Waals surface area (Å²) in [6.45, 7) is 3.35. The van der Waals surface area contributed by atoms with Crippen LogP contribution in [0.15, 0.2) is 48.5 Å². The molecule has 2 aromatic rings. The molecule has 0 aliphatic rings. The van der Waals surface area contributed by atoms with E-state index in [9.17, 15) is 13.2 Å². The number of carbonyl (C=O) groups is 1. The highest BCUT2D eigenvalue weighted by Crippen LogP contribution is 2.32. The van der Waals surface area contributed by atoms with Gasteiger partial charge in [0.25, 0.3) is 0 Å². The summed E-state index contributed by atoms with van der Waals surface area (Å²) in [7, 11) is -2.68. The maximum Gasteiger partial charge on any atom is 0.224 e. The fourth-order valence-corrected chi connectivity index (χ4v) is 2.86. The number of benzene rings is 2. The maximum absolute atomic E-state index is 11.8. The summed E-state index contributed by atoms with van der Waals surface area (Å²) < 4.78 is 22.1. The monoisotopic (exact) mass is 303 g/mol. The molecule has 0 aromatic heterocycles. The molecule has 0 heterocycles. The van der Waals surface area contributed by atoms with Crippen molar-refractivity contribution in [2.75, 3.05) is 10.8 Å². The first-order valence-electron chi connectivity index (χ1n) is 6.55. The second-order valence-electron chi connectivity index (χ2n) is 4.75. The van der Waals surface area contributed by atoms with Crippen LogP contribution in [-0.4, -0.2) is 20.2 Å². The Kier molecular flexibility index (Phi) is 4.75. The lowest BCUT2D eigenvalue weighted by molar-refractivity contribution is -0.116. The summed E-state index contributed by atoms with van der Waals surface area (Å²) in [6, 6.07) is 15.1. The van der Waals surface area contributed by atoms with E-state index >= 15 is 0 Å². The van der Waals surface area contributed by atoms with Crippen LogP contribution in [0.5, 0.6) is 0 Å². The summed E-state index contributed by atoms with van der Waals surface area (Å²) >= 11 is 0. The van der Waals surface area contributed by atoms with Gasteiger partial charge in [0.1, 0.15) is 5.88 Å². The third kappa shape index (κ3) is 3.49. The Morgan fingerprint density at radius 1 is 1.00 bits per heavy atom. The lowest BCUT2D eigenvalue weighted by Gasteiger charge is -2.22. The van der Waals surface area contributed by atoms with Gasteiger partial charge < -0.3 is 0 Å². The molecule has 0 aliphatic heterocycles. The molecule has 0 saturated heterocycles. The minimum absolute atomic E-state index is 0.296. The Hall–Kier alpha value is -2.14. The molecule has 5 heteroatoms. The first-order valence-corrected chi connectivity index (χ1v) is 7.92. The van der Waals surface area contributed by atoms with Gasteiger partial charge in [0.2, 0.25) is 5.91 Å². The van der Waals surface area contributed by atoms with Crippen molar-refractivity contribution in [3.63, 3.8) is 0 Å². The van der Waals surface area contributed by atoms with Gasteiger partial charge in [-0.1, -0.05) is 42.5 Å². The maximum atomic E-state index is 11.8. The Morgan fingerprint density at radius 2 is 1.57 bits per heavy atom. The third-order valence-electron chi connectivity index (χ3n) is 3.27. The van der Waals surface area contributed by atoms with Crippen LogP contribution in [-0.2, 0) is 15.5 Å². The average molecular weight is 303 g/mol. The van der Waals surface area contributed by atoms with Crippen molar-refractivity contribution >= 4 is 22.3 Å². The number of anilines is 1. The molecule has 0 spiro atoms. The van der Waals surface area contributed by atoms with Crippen molar-refractivity contribution in [2.45, 2.75) is 13.8 Å². The fourth-order valence-electron chi connectivity index (χ4n) is 2.27. The third-order valence-corrected chi connectivity index (χ3v) is 3.78. The van der Waals surface area contributed by atoms with Gasteiger partial charge in [-0.2, -0.15) is 0 Å². The first kappa shape index (κ1) is 15.3. The summed E-state index contributed by atoms with van der Waals surface area (Å²) in [5.41, 5.74) is 3.52. The van der Waals surface area contributed by atoms with Crippen LogP contribution in [0.3, 0.4) is 0 Å². The number of nitrogens with zero attached hydrogens (tertiary/aromatic N) is 1. The molecule has 2 rings (SSSR count). The van der Waals surface area contributed by atoms with Crippen molar-refractivity contribution in [3.05, 3.63) is 54.1 Å².